The lowest BCUT2D eigenvalue weighted by molar-refractivity contribution is 0.217. The number of benzene rings is 2. The average molecular weight is 280 g/mol. The van der Waals surface area contributed by atoms with Crippen LogP contribution in [0.4, 0.5) is 10.5 Å². The monoisotopic (exact) mass is 280 g/mol. The van der Waals surface area contributed by atoms with Crippen molar-refractivity contribution in [3.63, 3.8) is 0 Å². The van der Waals surface area contributed by atoms with E-state index in [1.807, 2.05) is 19.9 Å². The molecule has 0 atom stereocenters. The van der Waals surface area contributed by atoms with Gasteiger partial charge in [-0.25, -0.2) is 4.79 Å². The lowest BCUT2D eigenvalue weighted by Gasteiger charge is -2.19. The van der Waals surface area contributed by atoms with Gasteiger partial charge in [0, 0.05) is 18.8 Å². The maximum Gasteiger partial charge on any atom is 0.321 e. The highest BCUT2D eigenvalue weighted by atomic mass is 16.2. The fourth-order valence-corrected chi connectivity index (χ4v) is 2.94. The van der Waals surface area contributed by atoms with E-state index in [-0.39, 0.29) is 6.03 Å². The van der Waals surface area contributed by atoms with Gasteiger partial charge in [-0.05, 0) is 54.7 Å². The molecule has 0 aliphatic heterocycles. The van der Waals surface area contributed by atoms with Gasteiger partial charge < -0.3 is 10.2 Å². The van der Waals surface area contributed by atoms with Crippen molar-refractivity contribution in [2.75, 3.05) is 18.4 Å². The molecular weight excluding hydrogens is 260 g/mol. The number of fused-ring (bicyclic) bond motifs is 3. The highest BCUT2D eigenvalue weighted by Gasteiger charge is 2.18. The number of nitrogens with zero attached hydrogens (tertiary/aromatic N) is 1. The molecule has 0 fully saturated rings. The number of hydrogen-bond acceptors (Lipinski definition) is 1. The van der Waals surface area contributed by atoms with E-state index in [4.69, 9.17) is 0 Å². The number of urea groups is 1. The normalized spacial score (nSPS) is 11.7. The van der Waals surface area contributed by atoms with E-state index < -0.39 is 0 Å². The molecule has 0 spiro atoms. The Morgan fingerprint density at radius 1 is 1.05 bits per heavy atom. The molecule has 0 bridgehead atoms. The zero-order valence-corrected chi connectivity index (χ0v) is 12.5. The summed E-state index contributed by atoms with van der Waals surface area (Å²) in [6.45, 7) is 5.42. The van der Waals surface area contributed by atoms with Crippen molar-refractivity contribution >= 4 is 11.7 Å². The molecule has 2 amide bonds. The molecule has 0 aromatic heterocycles. The Labute approximate surface area is 125 Å². The van der Waals surface area contributed by atoms with E-state index in [0.29, 0.717) is 0 Å². The van der Waals surface area contributed by atoms with E-state index in [2.05, 4.69) is 41.7 Å². The summed E-state index contributed by atoms with van der Waals surface area (Å²) in [4.78, 5) is 13.9. The zero-order valence-electron chi connectivity index (χ0n) is 12.5. The number of rotatable bonds is 3. The molecule has 0 saturated heterocycles. The van der Waals surface area contributed by atoms with E-state index in [9.17, 15) is 4.79 Å². The fourth-order valence-electron chi connectivity index (χ4n) is 2.94. The molecule has 3 nitrogen and oxygen atoms in total. The number of hydrogen-bond donors (Lipinski definition) is 1. The van der Waals surface area contributed by atoms with Crippen molar-refractivity contribution in [1.82, 2.24) is 4.90 Å². The van der Waals surface area contributed by atoms with Crippen LogP contribution in [0.15, 0.2) is 42.5 Å². The molecule has 0 saturated carbocycles. The predicted molar refractivity (Wildman–Crippen MR) is 86.6 cm³/mol. The standard InChI is InChI=1S/C18H20N2O/c1-3-20(4-2)18(21)19-15-9-10-17-14(12-15)11-13-7-5-6-8-16(13)17/h5-10,12H,3-4,11H2,1-2H3,(H,19,21). The minimum absolute atomic E-state index is 0.0320. The number of carbonyl (C=O) groups excluding carboxylic acids is 1. The third-order valence-electron chi connectivity index (χ3n) is 4.10. The van der Waals surface area contributed by atoms with Crippen LogP contribution in [-0.4, -0.2) is 24.0 Å². The summed E-state index contributed by atoms with van der Waals surface area (Å²) < 4.78 is 0. The molecule has 21 heavy (non-hydrogen) atoms. The maximum atomic E-state index is 12.1. The first-order valence-electron chi connectivity index (χ1n) is 7.50. The molecule has 0 radical (unpaired) electrons. The van der Waals surface area contributed by atoms with Crippen LogP contribution in [0.2, 0.25) is 0 Å². The van der Waals surface area contributed by atoms with Gasteiger partial charge in [0.1, 0.15) is 0 Å². The van der Waals surface area contributed by atoms with Gasteiger partial charge in [-0.2, -0.15) is 0 Å². The van der Waals surface area contributed by atoms with Gasteiger partial charge in [0.25, 0.3) is 0 Å². The third kappa shape index (κ3) is 2.51. The molecule has 1 aliphatic carbocycles. The number of amides is 2. The molecular formula is C18H20N2O. The minimum Gasteiger partial charge on any atom is -0.325 e. The number of nitrogens with one attached hydrogen (secondary N) is 1. The van der Waals surface area contributed by atoms with E-state index >= 15 is 0 Å². The first-order chi connectivity index (χ1) is 10.2. The van der Waals surface area contributed by atoms with Crippen molar-refractivity contribution in [1.29, 1.82) is 0 Å². The van der Waals surface area contributed by atoms with Crippen LogP contribution in [0.3, 0.4) is 0 Å². The smallest absolute Gasteiger partial charge is 0.321 e. The molecule has 2 aromatic rings. The Balaban J connectivity index is 1.83. The summed E-state index contributed by atoms with van der Waals surface area (Å²) in [5.41, 5.74) is 6.12. The van der Waals surface area contributed by atoms with Crippen LogP contribution in [0.1, 0.15) is 25.0 Å². The van der Waals surface area contributed by atoms with E-state index in [1.165, 1.54) is 22.3 Å². The van der Waals surface area contributed by atoms with Crippen LogP contribution in [0.25, 0.3) is 11.1 Å². The van der Waals surface area contributed by atoms with Gasteiger partial charge in [0.05, 0.1) is 0 Å². The first-order valence-corrected chi connectivity index (χ1v) is 7.50. The molecule has 3 rings (SSSR count). The summed E-state index contributed by atoms with van der Waals surface area (Å²) >= 11 is 0. The lowest BCUT2D eigenvalue weighted by atomic mass is 10.1. The molecule has 2 aromatic carbocycles. The second kappa shape index (κ2) is 5.60. The van der Waals surface area contributed by atoms with Gasteiger partial charge >= 0.3 is 6.03 Å². The van der Waals surface area contributed by atoms with Gasteiger partial charge in [0.15, 0.2) is 0 Å². The quantitative estimate of drug-likeness (QED) is 0.768. The largest absolute Gasteiger partial charge is 0.325 e. The fraction of sp³-hybridized carbons (Fsp3) is 0.278. The Hall–Kier alpha value is -2.29. The summed E-state index contributed by atoms with van der Waals surface area (Å²) in [5, 5.41) is 2.99. The van der Waals surface area contributed by atoms with Crippen LogP contribution >= 0.6 is 0 Å². The number of carbonyl (C=O) groups is 1. The second-order valence-electron chi connectivity index (χ2n) is 5.31. The maximum absolute atomic E-state index is 12.1. The summed E-state index contributed by atoms with van der Waals surface area (Å²) in [5.74, 6) is 0. The van der Waals surface area contributed by atoms with Gasteiger partial charge in [-0.15, -0.1) is 0 Å². The summed E-state index contributed by atoms with van der Waals surface area (Å²) in [6.07, 6.45) is 0.945. The molecule has 108 valence electrons. The number of anilines is 1. The Morgan fingerprint density at radius 2 is 1.76 bits per heavy atom. The van der Waals surface area contributed by atoms with Crippen molar-refractivity contribution in [2.24, 2.45) is 0 Å². The van der Waals surface area contributed by atoms with Crippen LogP contribution in [0.5, 0.6) is 0 Å². The van der Waals surface area contributed by atoms with Crippen molar-refractivity contribution in [2.45, 2.75) is 20.3 Å². The summed E-state index contributed by atoms with van der Waals surface area (Å²) in [6, 6.07) is 14.6. The minimum atomic E-state index is -0.0320. The van der Waals surface area contributed by atoms with Crippen LogP contribution in [-0.2, 0) is 6.42 Å². The van der Waals surface area contributed by atoms with Crippen molar-refractivity contribution in [3.05, 3.63) is 53.6 Å². The van der Waals surface area contributed by atoms with Gasteiger partial charge in [-0.3, -0.25) is 0 Å². The first kappa shape index (κ1) is 13.7. The predicted octanol–water partition coefficient (Wildman–Crippen LogP) is 4.13. The Kier molecular flexibility index (Phi) is 3.65. The lowest BCUT2D eigenvalue weighted by Crippen LogP contribution is -2.34. The van der Waals surface area contributed by atoms with Crippen molar-refractivity contribution < 1.29 is 4.79 Å². The van der Waals surface area contributed by atoms with Crippen LogP contribution in [0, 0.1) is 0 Å². The molecule has 1 aliphatic rings. The van der Waals surface area contributed by atoms with Crippen LogP contribution < -0.4 is 5.32 Å². The summed E-state index contributed by atoms with van der Waals surface area (Å²) in [7, 11) is 0. The second-order valence-corrected chi connectivity index (χ2v) is 5.31. The SMILES string of the molecule is CCN(CC)C(=O)Nc1ccc2c(c1)Cc1ccccc1-2. The molecule has 3 heteroatoms. The topological polar surface area (TPSA) is 32.3 Å². The van der Waals surface area contributed by atoms with Gasteiger partial charge in [-0.1, -0.05) is 30.3 Å². The Bertz CT molecular complexity index is 675. The molecule has 1 N–H and O–H groups in total. The third-order valence-corrected chi connectivity index (χ3v) is 4.10. The Morgan fingerprint density at radius 3 is 2.52 bits per heavy atom. The average Bonchev–Trinajstić information content (AvgIpc) is 2.86. The van der Waals surface area contributed by atoms with Crippen molar-refractivity contribution in [3.8, 4) is 11.1 Å². The highest BCUT2D eigenvalue weighted by Crippen LogP contribution is 2.37. The van der Waals surface area contributed by atoms with E-state index in [1.54, 1.807) is 4.90 Å². The highest BCUT2D eigenvalue weighted by molar-refractivity contribution is 5.90. The van der Waals surface area contributed by atoms with Gasteiger partial charge in [0.2, 0.25) is 0 Å². The zero-order chi connectivity index (χ0) is 14.8. The van der Waals surface area contributed by atoms with E-state index in [0.717, 1.165) is 25.2 Å². The molecule has 0 heterocycles. The molecule has 0 unspecified atom stereocenters.